The Morgan fingerprint density at radius 2 is 1.53 bits per heavy atom. The minimum absolute atomic E-state index is 0.225. The maximum absolute atomic E-state index is 13.1. The molecule has 4 aromatic rings. The first-order valence-electron chi connectivity index (χ1n) is 11.7. The fourth-order valence-electron chi connectivity index (χ4n) is 3.76. The maximum Gasteiger partial charge on any atom is 0.295 e. The van der Waals surface area contributed by atoms with Crippen molar-refractivity contribution in [3.8, 4) is 22.9 Å². The highest BCUT2D eigenvalue weighted by Gasteiger charge is 2.20. The fourth-order valence-corrected chi connectivity index (χ4v) is 3.76. The number of amides is 1. The quantitative estimate of drug-likeness (QED) is 0.331. The van der Waals surface area contributed by atoms with Gasteiger partial charge in [0.1, 0.15) is 24.7 Å². The van der Waals surface area contributed by atoms with Crippen LogP contribution >= 0.6 is 0 Å². The van der Waals surface area contributed by atoms with Crippen molar-refractivity contribution in [3.63, 3.8) is 0 Å². The second kappa shape index (κ2) is 11.3. The average Bonchev–Trinajstić information content (AvgIpc) is 3.11. The van der Waals surface area contributed by atoms with Crippen molar-refractivity contribution in [2.75, 3.05) is 25.1 Å². The molecule has 8 heteroatoms. The van der Waals surface area contributed by atoms with Gasteiger partial charge in [-0.2, -0.15) is 0 Å². The lowest BCUT2D eigenvalue weighted by Crippen LogP contribution is -2.23. The monoisotopic (exact) mass is 487 g/mol. The molecule has 1 N–H and O–H groups in total. The highest BCUT2D eigenvalue weighted by atomic mass is 16.5. The zero-order valence-corrected chi connectivity index (χ0v) is 20.6. The summed E-state index contributed by atoms with van der Waals surface area (Å²) in [6.45, 7) is 4.72. The molecule has 0 atom stereocenters. The van der Waals surface area contributed by atoms with Gasteiger partial charge in [-0.25, -0.2) is 4.68 Å². The number of anilines is 1. The lowest BCUT2D eigenvalue weighted by Gasteiger charge is -2.14. The molecule has 0 bridgehead atoms. The van der Waals surface area contributed by atoms with Gasteiger partial charge in [-0.05, 0) is 56.3 Å². The molecule has 0 fully saturated rings. The number of carbonyl (C=O) groups is 1. The molecule has 0 aliphatic heterocycles. The van der Waals surface area contributed by atoms with Crippen molar-refractivity contribution in [1.82, 2.24) is 9.36 Å². The van der Waals surface area contributed by atoms with Crippen LogP contribution in [-0.2, 0) is 7.05 Å². The van der Waals surface area contributed by atoms with E-state index in [2.05, 4.69) is 5.32 Å². The molecule has 1 heterocycles. The summed E-state index contributed by atoms with van der Waals surface area (Å²) in [5.74, 6) is 1.30. The molecule has 0 spiro atoms. The van der Waals surface area contributed by atoms with Crippen LogP contribution in [0.4, 0.5) is 5.69 Å². The van der Waals surface area contributed by atoms with Crippen molar-refractivity contribution < 1.29 is 19.0 Å². The van der Waals surface area contributed by atoms with E-state index in [1.807, 2.05) is 67.6 Å². The minimum atomic E-state index is -0.416. The zero-order chi connectivity index (χ0) is 25.5. The third-order valence-electron chi connectivity index (χ3n) is 5.65. The molecule has 1 amide bonds. The molecule has 0 saturated carbocycles. The van der Waals surface area contributed by atoms with Crippen LogP contribution in [0.15, 0.2) is 83.7 Å². The number of carbonyl (C=O) groups excluding carboxylic acids is 1. The molecule has 0 aliphatic carbocycles. The molecule has 0 aliphatic rings. The van der Waals surface area contributed by atoms with Crippen LogP contribution in [-0.4, -0.2) is 35.1 Å². The van der Waals surface area contributed by atoms with Gasteiger partial charge in [-0.15, -0.1) is 0 Å². The van der Waals surface area contributed by atoms with Gasteiger partial charge in [0.15, 0.2) is 11.5 Å². The van der Waals surface area contributed by atoms with Crippen molar-refractivity contribution >= 4 is 11.6 Å². The van der Waals surface area contributed by atoms with Gasteiger partial charge in [0.2, 0.25) is 0 Å². The van der Waals surface area contributed by atoms with E-state index in [9.17, 15) is 9.59 Å². The van der Waals surface area contributed by atoms with Gasteiger partial charge >= 0.3 is 0 Å². The Labute approximate surface area is 209 Å². The standard InChI is InChI=1S/C28H29N3O5/c1-4-34-25-19-21(15-16-24(25)36-18-17-35-23-13-9-6-10-14-23)27(32)29-26-20(2)30(3)31(28(26)33)22-11-7-5-8-12-22/h5-16,19H,4,17-18H2,1-3H3,(H,29,32). The Hall–Kier alpha value is -4.46. The smallest absolute Gasteiger partial charge is 0.295 e. The van der Waals surface area contributed by atoms with E-state index in [4.69, 9.17) is 14.2 Å². The summed E-state index contributed by atoms with van der Waals surface area (Å²) in [5.41, 5.74) is 1.62. The van der Waals surface area contributed by atoms with Crippen LogP contribution in [0.3, 0.4) is 0 Å². The number of para-hydroxylation sites is 2. The van der Waals surface area contributed by atoms with Gasteiger partial charge in [-0.1, -0.05) is 36.4 Å². The topological polar surface area (TPSA) is 83.7 Å². The van der Waals surface area contributed by atoms with E-state index in [0.717, 1.165) is 5.75 Å². The predicted octanol–water partition coefficient (Wildman–Crippen LogP) is 4.59. The van der Waals surface area contributed by atoms with E-state index in [1.54, 1.807) is 36.9 Å². The van der Waals surface area contributed by atoms with E-state index in [1.165, 1.54) is 4.68 Å². The molecule has 4 rings (SSSR count). The summed E-state index contributed by atoms with van der Waals surface area (Å²) < 4.78 is 20.4. The fraction of sp³-hybridized carbons (Fsp3) is 0.214. The summed E-state index contributed by atoms with van der Waals surface area (Å²) in [6.07, 6.45) is 0. The van der Waals surface area contributed by atoms with E-state index >= 15 is 0 Å². The van der Waals surface area contributed by atoms with Crippen LogP contribution in [0.2, 0.25) is 0 Å². The number of rotatable bonds is 10. The van der Waals surface area contributed by atoms with Crippen molar-refractivity contribution in [3.05, 3.63) is 100 Å². The number of hydrogen-bond acceptors (Lipinski definition) is 5. The third-order valence-corrected chi connectivity index (χ3v) is 5.65. The van der Waals surface area contributed by atoms with E-state index in [0.29, 0.717) is 48.3 Å². The molecule has 3 aromatic carbocycles. The SMILES string of the molecule is CCOc1cc(C(=O)Nc2c(C)n(C)n(-c3ccccc3)c2=O)ccc1OCCOc1ccccc1. The summed E-state index contributed by atoms with van der Waals surface area (Å²) in [7, 11) is 1.78. The molecule has 0 radical (unpaired) electrons. The molecule has 0 unspecified atom stereocenters. The lowest BCUT2D eigenvalue weighted by molar-refractivity contribution is 0.102. The van der Waals surface area contributed by atoms with Gasteiger partial charge in [0.05, 0.1) is 18.0 Å². The molecular formula is C28H29N3O5. The second-order valence-electron chi connectivity index (χ2n) is 8.00. The highest BCUT2D eigenvalue weighted by molar-refractivity contribution is 6.04. The Morgan fingerprint density at radius 3 is 2.22 bits per heavy atom. The maximum atomic E-state index is 13.1. The number of aromatic nitrogens is 2. The van der Waals surface area contributed by atoms with Gasteiger partial charge in [0, 0.05) is 12.6 Å². The van der Waals surface area contributed by atoms with E-state index < -0.39 is 5.91 Å². The first kappa shape index (κ1) is 24.7. The third kappa shape index (κ3) is 5.43. The molecule has 0 saturated heterocycles. The van der Waals surface area contributed by atoms with Crippen LogP contribution in [0.25, 0.3) is 5.69 Å². The minimum Gasteiger partial charge on any atom is -0.490 e. The van der Waals surface area contributed by atoms with Gasteiger partial charge in [-0.3, -0.25) is 14.3 Å². The Morgan fingerprint density at radius 1 is 0.861 bits per heavy atom. The molecule has 36 heavy (non-hydrogen) atoms. The molecule has 8 nitrogen and oxygen atoms in total. The Bertz CT molecular complexity index is 1380. The van der Waals surface area contributed by atoms with Crippen LogP contribution in [0.1, 0.15) is 23.0 Å². The molecular weight excluding hydrogens is 458 g/mol. The Kier molecular flexibility index (Phi) is 7.75. The molecule has 1 aromatic heterocycles. The first-order chi connectivity index (χ1) is 17.5. The normalized spacial score (nSPS) is 10.6. The first-order valence-corrected chi connectivity index (χ1v) is 11.7. The lowest BCUT2D eigenvalue weighted by atomic mass is 10.2. The zero-order valence-electron chi connectivity index (χ0n) is 20.6. The Balaban J connectivity index is 1.48. The molecule has 186 valence electrons. The number of nitrogens with one attached hydrogen (secondary N) is 1. The summed E-state index contributed by atoms with van der Waals surface area (Å²) in [4.78, 5) is 26.2. The number of nitrogens with zero attached hydrogens (tertiary/aromatic N) is 2. The second-order valence-corrected chi connectivity index (χ2v) is 8.00. The van der Waals surface area contributed by atoms with Crippen molar-refractivity contribution in [1.29, 1.82) is 0 Å². The van der Waals surface area contributed by atoms with Crippen molar-refractivity contribution in [2.24, 2.45) is 7.05 Å². The number of benzene rings is 3. The van der Waals surface area contributed by atoms with Gasteiger partial charge in [0.25, 0.3) is 11.5 Å². The predicted molar refractivity (Wildman–Crippen MR) is 139 cm³/mol. The van der Waals surface area contributed by atoms with E-state index in [-0.39, 0.29) is 11.2 Å². The summed E-state index contributed by atoms with van der Waals surface area (Å²) in [5, 5.41) is 2.78. The van der Waals surface area contributed by atoms with Crippen LogP contribution < -0.4 is 25.1 Å². The number of ether oxygens (including phenoxy) is 3. The van der Waals surface area contributed by atoms with Crippen LogP contribution in [0, 0.1) is 6.92 Å². The number of hydrogen-bond donors (Lipinski definition) is 1. The van der Waals surface area contributed by atoms with Crippen molar-refractivity contribution in [2.45, 2.75) is 13.8 Å². The summed E-state index contributed by atoms with van der Waals surface area (Å²) >= 11 is 0. The highest BCUT2D eigenvalue weighted by Crippen LogP contribution is 2.29. The average molecular weight is 488 g/mol. The summed E-state index contributed by atoms with van der Waals surface area (Å²) in [6, 6.07) is 23.7. The van der Waals surface area contributed by atoms with Crippen LogP contribution in [0.5, 0.6) is 17.2 Å². The van der Waals surface area contributed by atoms with Gasteiger partial charge < -0.3 is 19.5 Å². The largest absolute Gasteiger partial charge is 0.490 e.